The maximum atomic E-state index is 13.1. The Morgan fingerprint density at radius 3 is 0.545 bits per heavy atom. The third-order valence-electron chi connectivity index (χ3n) is 23.0. The van der Waals surface area contributed by atoms with Crippen molar-refractivity contribution in [2.75, 3.05) is 26.4 Å². The van der Waals surface area contributed by atoms with E-state index in [1.54, 1.807) is 0 Å². The Hall–Kier alpha value is -3.64. The van der Waals surface area contributed by atoms with Crippen LogP contribution < -0.4 is 0 Å². The number of carbonyl (C=O) groups excluding carboxylic acids is 4. The second kappa shape index (κ2) is 88.4. The maximum absolute atomic E-state index is 13.1. The molecule has 2 rings (SSSR count). The molecule has 14 nitrogen and oxygen atoms in total. The molecule has 0 heterocycles. The summed E-state index contributed by atoms with van der Waals surface area (Å²) < 4.78 is 93.8. The van der Waals surface area contributed by atoms with Crippen LogP contribution in [0.15, 0.2) is 94.8 Å². The molecule has 2 aromatic rings. The SMILES string of the molecule is CCCCCCCCCCCCC/C=C/CCCCCCCOC(=O)c1cccc(S(=O)(=O)[O-])c1C(=O)OCCCCCCC/C=C/CCCCCCCCCCCCC.CCCCCCCCCCCCC/C=C/CCCCCCCOC(=O)c1cccc(S(=O)(=O)[O-])c1C(=O)OCCCCCCC/C=C/CCCCCCCCCCCCC.[Ca+2]. The fourth-order valence-electron chi connectivity index (χ4n) is 15.4. The first-order valence-electron chi connectivity index (χ1n) is 50.1. The molecular weight excluding hydrogens is 1580 g/mol. The number of hydrogen-bond donors (Lipinski definition) is 0. The molecule has 0 aliphatic rings. The molecular formula is C104H178CaO14S2. The number of carbonyl (C=O) groups is 4. The molecule has 0 saturated carbocycles. The van der Waals surface area contributed by atoms with Gasteiger partial charge in [-0.25, -0.2) is 36.0 Å². The molecule has 17 heteroatoms. The molecule has 0 spiro atoms. The quantitative estimate of drug-likeness (QED) is 0.0150. The summed E-state index contributed by atoms with van der Waals surface area (Å²) in [4.78, 5) is 50.5. The van der Waals surface area contributed by atoms with Gasteiger partial charge in [0.15, 0.2) is 0 Å². The van der Waals surface area contributed by atoms with Gasteiger partial charge in [0.25, 0.3) is 0 Å². The van der Waals surface area contributed by atoms with E-state index in [-0.39, 0.29) is 75.3 Å². The van der Waals surface area contributed by atoms with Crippen molar-refractivity contribution in [1.29, 1.82) is 0 Å². The number of ether oxygens (including phenoxy) is 4. The molecule has 0 N–H and O–H groups in total. The van der Waals surface area contributed by atoms with E-state index in [0.29, 0.717) is 25.7 Å². The van der Waals surface area contributed by atoms with Gasteiger partial charge in [0.1, 0.15) is 20.2 Å². The fourth-order valence-corrected chi connectivity index (χ4v) is 16.8. The van der Waals surface area contributed by atoms with Crippen LogP contribution in [-0.2, 0) is 39.2 Å². The van der Waals surface area contributed by atoms with E-state index >= 15 is 0 Å². The molecule has 0 aromatic heterocycles. The summed E-state index contributed by atoms with van der Waals surface area (Å²) in [6.07, 6.45) is 107. The van der Waals surface area contributed by atoms with Crippen LogP contribution in [0, 0.1) is 0 Å². The fraction of sp³-hybridized carbons (Fsp3) is 0.769. The number of unbranched alkanes of at least 4 members (excludes halogenated alkanes) is 64. The topological polar surface area (TPSA) is 220 Å². The van der Waals surface area contributed by atoms with Crippen LogP contribution in [0.3, 0.4) is 0 Å². The Kier molecular flexibility index (Phi) is 85.7. The van der Waals surface area contributed by atoms with Crippen LogP contribution >= 0.6 is 0 Å². The van der Waals surface area contributed by atoms with E-state index in [9.17, 15) is 45.1 Å². The minimum atomic E-state index is -5.02. The van der Waals surface area contributed by atoms with Crippen molar-refractivity contribution in [1.82, 2.24) is 0 Å². The van der Waals surface area contributed by atoms with Gasteiger partial charge in [-0.3, -0.25) is 0 Å². The van der Waals surface area contributed by atoms with Crippen molar-refractivity contribution < 1.29 is 64.1 Å². The second-order valence-corrected chi connectivity index (χ2v) is 36.9. The minimum absolute atomic E-state index is 0. The Balaban J connectivity index is 0.00000236. The Bertz CT molecular complexity index is 2880. The molecule has 0 saturated heterocycles. The number of hydrogen-bond acceptors (Lipinski definition) is 14. The van der Waals surface area contributed by atoms with E-state index in [2.05, 4.69) is 76.3 Å². The summed E-state index contributed by atoms with van der Waals surface area (Å²) in [5.41, 5.74) is -1.58. The van der Waals surface area contributed by atoms with Gasteiger partial charge in [0.05, 0.1) is 58.5 Å². The summed E-state index contributed by atoms with van der Waals surface area (Å²) in [6.45, 7) is 9.53. The summed E-state index contributed by atoms with van der Waals surface area (Å²) in [5, 5.41) is 0. The van der Waals surface area contributed by atoms with Gasteiger partial charge in [-0.2, -0.15) is 0 Å². The molecule has 692 valence electrons. The molecule has 0 atom stereocenters. The third kappa shape index (κ3) is 73.0. The second-order valence-electron chi connectivity index (χ2n) is 34.2. The molecule has 0 radical (unpaired) electrons. The molecule has 0 bridgehead atoms. The summed E-state index contributed by atoms with van der Waals surface area (Å²) in [6, 6.07) is 7.25. The number of esters is 4. The normalized spacial score (nSPS) is 11.8. The zero-order valence-electron chi connectivity index (χ0n) is 78.1. The van der Waals surface area contributed by atoms with Crippen LogP contribution in [-0.4, -0.2) is 114 Å². The van der Waals surface area contributed by atoms with Gasteiger partial charge in [-0.1, -0.05) is 422 Å². The van der Waals surface area contributed by atoms with Crippen LogP contribution in [0.4, 0.5) is 0 Å². The van der Waals surface area contributed by atoms with Gasteiger partial charge in [0, 0.05) is 0 Å². The zero-order valence-corrected chi connectivity index (χ0v) is 81.9. The molecule has 0 aliphatic carbocycles. The average Bonchev–Trinajstić information content (AvgIpc) is 0.796. The van der Waals surface area contributed by atoms with Gasteiger partial charge in [-0.15, -0.1) is 0 Å². The van der Waals surface area contributed by atoms with Gasteiger partial charge in [0.2, 0.25) is 0 Å². The van der Waals surface area contributed by atoms with Crippen molar-refractivity contribution in [2.24, 2.45) is 0 Å². The molecule has 0 aliphatic heterocycles. The predicted octanol–water partition coefficient (Wildman–Crippen LogP) is 31.8. The van der Waals surface area contributed by atoms with E-state index in [0.717, 1.165) is 153 Å². The molecule has 0 fully saturated rings. The first-order chi connectivity index (χ1) is 58.6. The summed E-state index contributed by atoms with van der Waals surface area (Å²) >= 11 is 0. The van der Waals surface area contributed by atoms with E-state index in [1.807, 2.05) is 0 Å². The summed E-state index contributed by atoms with van der Waals surface area (Å²) in [7, 11) is -10.0. The van der Waals surface area contributed by atoms with Crippen LogP contribution in [0.1, 0.15) is 531 Å². The molecule has 2 aromatic carbocycles. The zero-order chi connectivity index (χ0) is 87.2. The Labute approximate surface area is 773 Å². The van der Waals surface area contributed by atoms with E-state index in [4.69, 9.17) is 18.9 Å². The standard InChI is InChI=1S/2C52H90O7S.Ca/c2*1-3-5-7-9-11-13-15-17-19-21-23-25-27-29-31-33-35-37-39-41-46-58-51(53)48-44-43-45-49(60(55,56)57)50(48)52(54)59-47-42-40-38-36-34-32-30-28-26-24-22-20-18-16-14-12-10-8-6-4-2;/h2*27-30,43-45H,3-26,31-42,46-47H2,1-2H3,(H,55,56,57);/q;;+2/p-2/b2*29-27+,30-28+;. The average molecular weight is 1760 g/mol. The monoisotopic (exact) mass is 1760 g/mol. The summed E-state index contributed by atoms with van der Waals surface area (Å²) in [5.74, 6) is -3.65. The van der Waals surface area contributed by atoms with Crippen molar-refractivity contribution in [3.05, 3.63) is 107 Å². The van der Waals surface area contributed by atoms with Crippen LogP contribution in [0.2, 0.25) is 0 Å². The van der Waals surface area contributed by atoms with E-state index < -0.39 is 65.0 Å². The largest absolute Gasteiger partial charge is 2.00 e. The van der Waals surface area contributed by atoms with Gasteiger partial charge in [-0.05, 0) is 153 Å². The molecule has 0 unspecified atom stereocenters. The molecule has 121 heavy (non-hydrogen) atoms. The van der Waals surface area contributed by atoms with Crippen molar-refractivity contribution >= 4 is 81.9 Å². The van der Waals surface area contributed by atoms with Crippen molar-refractivity contribution in [3.63, 3.8) is 0 Å². The number of benzene rings is 2. The van der Waals surface area contributed by atoms with Gasteiger partial charge >= 0.3 is 61.6 Å². The van der Waals surface area contributed by atoms with Crippen molar-refractivity contribution in [3.8, 4) is 0 Å². The maximum Gasteiger partial charge on any atom is 2.00 e. The van der Waals surface area contributed by atoms with Crippen LogP contribution in [0.25, 0.3) is 0 Å². The first kappa shape index (κ1) is 117. The smallest absolute Gasteiger partial charge is 0.744 e. The Morgan fingerprint density at radius 2 is 0.380 bits per heavy atom. The van der Waals surface area contributed by atoms with Crippen molar-refractivity contribution in [2.45, 2.75) is 500 Å². The number of allylic oxidation sites excluding steroid dienone is 8. The minimum Gasteiger partial charge on any atom is -0.744 e. The molecule has 0 amide bonds. The third-order valence-corrected chi connectivity index (χ3v) is 24.8. The first-order valence-corrected chi connectivity index (χ1v) is 52.9. The van der Waals surface area contributed by atoms with E-state index in [1.165, 1.54) is 320 Å². The number of rotatable bonds is 86. The Morgan fingerprint density at radius 1 is 0.231 bits per heavy atom. The van der Waals surface area contributed by atoms with Crippen LogP contribution in [0.5, 0.6) is 0 Å². The predicted molar refractivity (Wildman–Crippen MR) is 507 cm³/mol. The van der Waals surface area contributed by atoms with Gasteiger partial charge < -0.3 is 28.1 Å².